The number of alkyl halides is 1. The third-order valence-electron chi connectivity index (χ3n) is 1.97. The van der Waals surface area contributed by atoms with Crippen LogP contribution in [0.5, 0.6) is 0 Å². The molecule has 5 heteroatoms. The zero-order valence-electron chi connectivity index (χ0n) is 7.79. The van der Waals surface area contributed by atoms with Crippen LogP contribution < -0.4 is 11.3 Å². The zero-order valence-corrected chi connectivity index (χ0v) is 8.60. The highest BCUT2D eigenvalue weighted by Gasteiger charge is 2.07. The molecule has 0 saturated heterocycles. The van der Waals surface area contributed by atoms with E-state index in [0.29, 0.717) is 5.69 Å². The third-order valence-corrected chi connectivity index (χ3v) is 2.19. The first-order chi connectivity index (χ1) is 6.57. The molecular formula is C9H11FN2OS. The van der Waals surface area contributed by atoms with E-state index in [1.54, 1.807) is 19.1 Å². The number of thiocarbonyl (C=S) groups is 1. The van der Waals surface area contributed by atoms with E-state index in [9.17, 15) is 9.18 Å². The Hall–Kier alpha value is -1.23. The molecule has 1 heterocycles. The molecule has 0 amide bonds. The Labute approximate surface area is 86.3 Å². The average Bonchev–Trinajstić information content (AvgIpc) is 2.11. The Kier molecular flexibility index (Phi) is 3.35. The van der Waals surface area contributed by atoms with E-state index in [2.05, 4.69) is 0 Å². The molecule has 0 spiro atoms. The second-order valence-corrected chi connectivity index (χ2v) is 3.34. The smallest absolute Gasteiger partial charge is 0.261 e. The van der Waals surface area contributed by atoms with E-state index in [1.807, 2.05) is 0 Å². The van der Waals surface area contributed by atoms with Gasteiger partial charge in [0.15, 0.2) is 0 Å². The molecule has 0 unspecified atom stereocenters. The predicted octanol–water partition coefficient (Wildman–Crippen LogP) is 0.760. The summed E-state index contributed by atoms with van der Waals surface area (Å²) in [5.41, 5.74) is 5.99. The fourth-order valence-corrected chi connectivity index (χ4v) is 1.38. The van der Waals surface area contributed by atoms with Crippen molar-refractivity contribution in [2.45, 2.75) is 13.5 Å². The fourth-order valence-electron chi connectivity index (χ4n) is 1.22. The van der Waals surface area contributed by atoms with Gasteiger partial charge >= 0.3 is 0 Å². The van der Waals surface area contributed by atoms with E-state index < -0.39 is 6.67 Å². The second kappa shape index (κ2) is 4.32. The molecule has 14 heavy (non-hydrogen) atoms. The van der Waals surface area contributed by atoms with Gasteiger partial charge in [0, 0.05) is 5.69 Å². The first-order valence-corrected chi connectivity index (χ1v) is 4.55. The van der Waals surface area contributed by atoms with Crippen LogP contribution in [-0.2, 0) is 6.54 Å². The van der Waals surface area contributed by atoms with Crippen LogP contribution in [0.4, 0.5) is 4.39 Å². The van der Waals surface area contributed by atoms with Crippen molar-refractivity contribution in [1.82, 2.24) is 4.57 Å². The molecule has 1 aromatic heterocycles. The molecule has 0 aliphatic rings. The van der Waals surface area contributed by atoms with Gasteiger partial charge in [-0.25, -0.2) is 4.39 Å². The number of halogens is 1. The summed E-state index contributed by atoms with van der Waals surface area (Å²) in [6.07, 6.45) is 0. The van der Waals surface area contributed by atoms with Crippen molar-refractivity contribution >= 4 is 17.2 Å². The Bertz CT molecular complexity index is 414. The van der Waals surface area contributed by atoms with Gasteiger partial charge in [0.05, 0.1) is 12.1 Å². The van der Waals surface area contributed by atoms with Gasteiger partial charge in [0.25, 0.3) is 5.56 Å². The number of hydrogen-bond acceptors (Lipinski definition) is 2. The van der Waals surface area contributed by atoms with Crippen molar-refractivity contribution in [1.29, 1.82) is 0 Å². The fraction of sp³-hybridized carbons (Fsp3) is 0.333. The maximum atomic E-state index is 12.1. The van der Waals surface area contributed by atoms with Gasteiger partial charge in [0.2, 0.25) is 0 Å². The van der Waals surface area contributed by atoms with Gasteiger partial charge in [0.1, 0.15) is 11.7 Å². The topological polar surface area (TPSA) is 48.0 Å². The molecule has 1 aromatic rings. The van der Waals surface area contributed by atoms with Crippen LogP contribution in [0.1, 0.15) is 11.3 Å². The molecule has 1 rings (SSSR count). The minimum absolute atomic E-state index is 0.0428. The monoisotopic (exact) mass is 214 g/mol. The number of nitrogens with zero attached hydrogens (tertiary/aromatic N) is 1. The van der Waals surface area contributed by atoms with Gasteiger partial charge in [-0.1, -0.05) is 12.2 Å². The first kappa shape index (κ1) is 10.8. The quantitative estimate of drug-likeness (QED) is 0.756. The van der Waals surface area contributed by atoms with Crippen LogP contribution in [0.25, 0.3) is 0 Å². The zero-order chi connectivity index (χ0) is 10.7. The number of aromatic nitrogens is 1. The minimum atomic E-state index is -0.582. The van der Waals surface area contributed by atoms with Crippen LogP contribution >= 0.6 is 12.2 Å². The molecule has 0 aliphatic carbocycles. The molecule has 0 bridgehead atoms. The van der Waals surface area contributed by atoms with Crippen molar-refractivity contribution in [3.05, 3.63) is 33.7 Å². The summed E-state index contributed by atoms with van der Waals surface area (Å²) in [6.45, 7) is 1.20. The van der Waals surface area contributed by atoms with Crippen LogP contribution in [0, 0.1) is 6.92 Å². The molecule has 0 saturated carbocycles. The summed E-state index contributed by atoms with van der Waals surface area (Å²) in [5.74, 6) is 0. The summed E-state index contributed by atoms with van der Waals surface area (Å²) in [6, 6.07) is 3.26. The Morgan fingerprint density at radius 3 is 2.79 bits per heavy atom. The summed E-state index contributed by atoms with van der Waals surface area (Å²) in [7, 11) is 0. The number of pyridine rings is 1. The number of nitrogens with two attached hydrogens (primary N) is 1. The Morgan fingerprint density at radius 2 is 2.29 bits per heavy atom. The molecule has 0 atom stereocenters. The van der Waals surface area contributed by atoms with Gasteiger partial charge in [-0.3, -0.25) is 4.79 Å². The van der Waals surface area contributed by atoms with Crippen molar-refractivity contribution in [3.8, 4) is 0 Å². The number of hydrogen-bond donors (Lipinski definition) is 1. The number of rotatable bonds is 3. The minimum Gasteiger partial charge on any atom is -0.389 e. The van der Waals surface area contributed by atoms with Gasteiger partial charge in [-0.15, -0.1) is 0 Å². The molecular weight excluding hydrogens is 203 g/mol. The van der Waals surface area contributed by atoms with E-state index in [-0.39, 0.29) is 22.7 Å². The lowest BCUT2D eigenvalue weighted by molar-refractivity contribution is 0.436. The Balaban J connectivity index is 3.34. The average molecular weight is 214 g/mol. The lowest BCUT2D eigenvalue weighted by Crippen LogP contribution is -2.30. The summed E-state index contributed by atoms with van der Waals surface area (Å²) in [5, 5.41) is 0. The maximum absolute atomic E-state index is 12.1. The Morgan fingerprint density at radius 1 is 1.64 bits per heavy atom. The lowest BCUT2D eigenvalue weighted by atomic mass is 10.2. The van der Waals surface area contributed by atoms with Crippen LogP contribution in [-0.4, -0.2) is 16.2 Å². The van der Waals surface area contributed by atoms with Crippen molar-refractivity contribution < 1.29 is 4.39 Å². The van der Waals surface area contributed by atoms with Gasteiger partial charge in [-0.2, -0.15) is 0 Å². The van der Waals surface area contributed by atoms with Crippen molar-refractivity contribution in [2.75, 3.05) is 6.67 Å². The molecule has 3 nitrogen and oxygen atoms in total. The highest BCUT2D eigenvalue weighted by molar-refractivity contribution is 7.80. The van der Waals surface area contributed by atoms with E-state index >= 15 is 0 Å². The predicted molar refractivity (Wildman–Crippen MR) is 57.3 cm³/mol. The summed E-state index contributed by atoms with van der Waals surface area (Å²) < 4.78 is 13.5. The van der Waals surface area contributed by atoms with Crippen LogP contribution in [0.3, 0.4) is 0 Å². The third kappa shape index (κ3) is 1.98. The molecule has 0 fully saturated rings. The first-order valence-electron chi connectivity index (χ1n) is 4.14. The molecule has 76 valence electrons. The van der Waals surface area contributed by atoms with Crippen LogP contribution in [0.2, 0.25) is 0 Å². The largest absolute Gasteiger partial charge is 0.389 e. The van der Waals surface area contributed by atoms with E-state index in [1.165, 1.54) is 4.57 Å². The summed E-state index contributed by atoms with van der Waals surface area (Å²) in [4.78, 5) is 11.7. The highest BCUT2D eigenvalue weighted by atomic mass is 32.1. The molecule has 0 aromatic carbocycles. The van der Waals surface area contributed by atoms with Crippen LogP contribution in [0.15, 0.2) is 16.9 Å². The lowest BCUT2D eigenvalue weighted by Gasteiger charge is -2.08. The summed E-state index contributed by atoms with van der Waals surface area (Å²) >= 11 is 4.71. The standard InChI is InChI=1S/C9H11FN2OS/c1-6-2-3-7(8(11)14)9(13)12(6)5-4-10/h2-3H,4-5H2,1H3,(H2,11,14). The van der Waals surface area contributed by atoms with E-state index in [0.717, 1.165) is 0 Å². The van der Waals surface area contributed by atoms with E-state index in [4.69, 9.17) is 18.0 Å². The molecule has 0 radical (unpaired) electrons. The molecule has 0 aliphatic heterocycles. The maximum Gasteiger partial charge on any atom is 0.261 e. The van der Waals surface area contributed by atoms with Gasteiger partial charge < -0.3 is 10.3 Å². The number of aryl methyl sites for hydroxylation is 1. The van der Waals surface area contributed by atoms with Crippen molar-refractivity contribution in [2.24, 2.45) is 5.73 Å². The second-order valence-electron chi connectivity index (χ2n) is 2.90. The molecule has 2 N–H and O–H groups in total. The SMILES string of the molecule is Cc1ccc(C(N)=S)c(=O)n1CCF. The van der Waals surface area contributed by atoms with Gasteiger partial charge in [-0.05, 0) is 19.1 Å². The highest BCUT2D eigenvalue weighted by Crippen LogP contribution is 1.98. The normalized spacial score (nSPS) is 10.1. The van der Waals surface area contributed by atoms with Crippen molar-refractivity contribution in [3.63, 3.8) is 0 Å².